The summed E-state index contributed by atoms with van der Waals surface area (Å²) >= 11 is 0.886. The summed E-state index contributed by atoms with van der Waals surface area (Å²) in [7, 11) is 0. The summed E-state index contributed by atoms with van der Waals surface area (Å²) < 4.78 is 5.47. The normalized spacial score (nSPS) is 13.0. The lowest BCUT2D eigenvalue weighted by Gasteiger charge is -2.14. The van der Waals surface area contributed by atoms with Crippen LogP contribution in [0.4, 0.5) is 9.93 Å². The lowest BCUT2D eigenvalue weighted by atomic mass is 9.98. The lowest BCUT2D eigenvalue weighted by Crippen LogP contribution is -2.43. The molecule has 0 fully saturated rings. The number of hydrogen-bond acceptors (Lipinski definition) is 7. The predicted molar refractivity (Wildman–Crippen MR) is 122 cm³/mol. The molecule has 10 heteroatoms. The van der Waals surface area contributed by atoms with Crippen molar-refractivity contribution in [1.29, 1.82) is 0 Å². The third kappa shape index (κ3) is 4.57. The largest absolute Gasteiger partial charge is 0.480 e. The van der Waals surface area contributed by atoms with Gasteiger partial charge in [-0.05, 0) is 29.2 Å². The Bertz CT molecular complexity index is 1180. The number of aliphatic hydroxyl groups excluding tert-OH is 1. The van der Waals surface area contributed by atoms with Crippen LogP contribution in [0.2, 0.25) is 0 Å². The summed E-state index contributed by atoms with van der Waals surface area (Å²) in [6, 6.07) is 14.6. The van der Waals surface area contributed by atoms with Gasteiger partial charge in [0.15, 0.2) is 11.2 Å². The average molecular weight is 468 g/mol. The van der Waals surface area contributed by atoms with Crippen molar-refractivity contribution in [2.45, 2.75) is 18.9 Å². The fourth-order valence-corrected chi connectivity index (χ4v) is 4.65. The van der Waals surface area contributed by atoms with E-state index in [2.05, 4.69) is 15.6 Å². The smallest absolute Gasteiger partial charge is 0.413 e. The maximum absolute atomic E-state index is 12.4. The number of rotatable bonds is 7. The highest BCUT2D eigenvalue weighted by Crippen LogP contribution is 2.44. The number of aliphatic hydroxyl groups is 1. The van der Waals surface area contributed by atoms with E-state index in [9.17, 15) is 14.4 Å². The van der Waals surface area contributed by atoms with Crippen LogP contribution in [0.25, 0.3) is 11.1 Å². The third-order valence-electron chi connectivity index (χ3n) is 5.34. The van der Waals surface area contributed by atoms with Crippen molar-refractivity contribution in [3.8, 4) is 11.1 Å². The van der Waals surface area contributed by atoms with E-state index in [1.165, 1.54) is 0 Å². The van der Waals surface area contributed by atoms with E-state index < -0.39 is 30.6 Å². The minimum atomic E-state index is -1.43. The molecule has 4 rings (SSSR count). The summed E-state index contributed by atoms with van der Waals surface area (Å²) in [4.78, 5) is 40.0. The summed E-state index contributed by atoms with van der Waals surface area (Å²) in [5, 5.41) is 22.9. The van der Waals surface area contributed by atoms with Gasteiger partial charge >= 0.3 is 12.1 Å². The number of nitrogens with one attached hydrogen (secondary N) is 2. The number of thiazole rings is 1. The number of anilines is 1. The summed E-state index contributed by atoms with van der Waals surface area (Å²) in [5.41, 5.74) is 4.74. The van der Waals surface area contributed by atoms with E-state index in [1.54, 1.807) is 6.92 Å². The Hall–Kier alpha value is -3.76. The molecule has 0 radical (unpaired) electrons. The number of carbonyl (C=O) groups excluding carboxylic acids is 2. The van der Waals surface area contributed by atoms with Crippen LogP contribution in [0, 0.1) is 6.92 Å². The van der Waals surface area contributed by atoms with Crippen molar-refractivity contribution in [1.82, 2.24) is 10.3 Å². The molecule has 4 N–H and O–H groups in total. The van der Waals surface area contributed by atoms with Gasteiger partial charge in [-0.1, -0.05) is 59.9 Å². The van der Waals surface area contributed by atoms with Gasteiger partial charge in [-0.25, -0.2) is 14.6 Å². The second-order valence-electron chi connectivity index (χ2n) is 7.43. The van der Waals surface area contributed by atoms with Crippen LogP contribution in [0.5, 0.6) is 0 Å². The van der Waals surface area contributed by atoms with Crippen LogP contribution >= 0.6 is 11.3 Å². The molecule has 3 aromatic rings. The molecule has 1 aliphatic carbocycles. The van der Waals surface area contributed by atoms with Crippen LogP contribution in [0.15, 0.2) is 48.5 Å². The summed E-state index contributed by atoms with van der Waals surface area (Å²) in [5.74, 6) is -2.15. The van der Waals surface area contributed by atoms with E-state index in [0.717, 1.165) is 33.6 Å². The maximum atomic E-state index is 12.4. The number of aryl methyl sites for hydroxylation is 1. The Morgan fingerprint density at radius 1 is 1.09 bits per heavy atom. The first kappa shape index (κ1) is 22.4. The highest BCUT2D eigenvalue weighted by atomic mass is 32.1. The van der Waals surface area contributed by atoms with Crippen LogP contribution in [-0.2, 0) is 9.53 Å². The van der Waals surface area contributed by atoms with E-state index in [1.807, 2.05) is 48.5 Å². The first-order valence-corrected chi connectivity index (χ1v) is 10.9. The molecule has 1 heterocycles. The molecular formula is C23H21N3O6S. The SMILES string of the molecule is Cc1nc(NC(=O)OCC2c3ccccc3-c3ccccc32)sc1C(=O)N[C@H](CO)C(=O)O. The van der Waals surface area contributed by atoms with Crippen molar-refractivity contribution in [2.24, 2.45) is 0 Å². The van der Waals surface area contributed by atoms with E-state index in [4.69, 9.17) is 14.9 Å². The number of fused-ring (bicyclic) bond motifs is 3. The molecule has 33 heavy (non-hydrogen) atoms. The Labute approximate surface area is 193 Å². The van der Waals surface area contributed by atoms with Gasteiger partial charge in [0.1, 0.15) is 11.5 Å². The van der Waals surface area contributed by atoms with Crippen LogP contribution < -0.4 is 10.6 Å². The van der Waals surface area contributed by atoms with Gasteiger partial charge in [-0.2, -0.15) is 0 Å². The zero-order valence-electron chi connectivity index (χ0n) is 17.6. The zero-order valence-corrected chi connectivity index (χ0v) is 18.4. The molecule has 9 nitrogen and oxygen atoms in total. The highest BCUT2D eigenvalue weighted by Gasteiger charge is 2.29. The van der Waals surface area contributed by atoms with E-state index in [0.29, 0.717) is 5.69 Å². The van der Waals surface area contributed by atoms with Crippen LogP contribution in [0.3, 0.4) is 0 Å². The number of amides is 2. The van der Waals surface area contributed by atoms with Crippen molar-refractivity contribution in [3.05, 3.63) is 70.2 Å². The molecule has 1 atom stereocenters. The van der Waals surface area contributed by atoms with Gasteiger partial charge in [0.2, 0.25) is 0 Å². The molecule has 1 aliphatic rings. The van der Waals surface area contributed by atoms with Crippen LogP contribution in [-0.4, -0.2) is 52.4 Å². The van der Waals surface area contributed by atoms with Crippen molar-refractivity contribution < 1.29 is 29.3 Å². The number of carboxylic acids is 1. The third-order valence-corrected chi connectivity index (χ3v) is 6.41. The van der Waals surface area contributed by atoms with Crippen LogP contribution in [0.1, 0.15) is 32.4 Å². The number of carboxylic acid groups (broad SMARTS) is 1. The molecule has 0 bridgehead atoms. The average Bonchev–Trinajstić information content (AvgIpc) is 3.33. The summed E-state index contributed by atoms with van der Waals surface area (Å²) in [6.07, 6.45) is -0.712. The molecule has 2 aromatic carbocycles. The van der Waals surface area contributed by atoms with Gasteiger partial charge in [0.25, 0.3) is 5.91 Å². The zero-order chi connectivity index (χ0) is 23.5. The number of carbonyl (C=O) groups is 3. The maximum Gasteiger partial charge on any atom is 0.413 e. The fourth-order valence-electron chi connectivity index (χ4n) is 3.79. The van der Waals surface area contributed by atoms with Crippen molar-refractivity contribution in [2.75, 3.05) is 18.5 Å². The van der Waals surface area contributed by atoms with Gasteiger partial charge < -0.3 is 20.3 Å². The molecule has 1 aromatic heterocycles. The molecule has 0 aliphatic heterocycles. The van der Waals surface area contributed by atoms with Gasteiger partial charge in [-0.3, -0.25) is 10.1 Å². The number of ether oxygens (including phenoxy) is 1. The monoisotopic (exact) mass is 467 g/mol. The topological polar surface area (TPSA) is 138 Å². The molecule has 2 amide bonds. The summed E-state index contributed by atoms with van der Waals surface area (Å²) in [6.45, 7) is 0.946. The fraction of sp³-hybridized carbons (Fsp3) is 0.217. The molecule has 0 saturated heterocycles. The van der Waals surface area contributed by atoms with Gasteiger partial charge in [-0.15, -0.1) is 0 Å². The number of hydrogen-bond donors (Lipinski definition) is 4. The second-order valence-corrected chi connectivity index (χ2v) is 8.43. The first-order chi connectivity index (χ1) is 15.9. The van der Waals surface area contributed by atoms with Gasteiger partial charge in [0.05, 0.1) is 12.3 Å². The number of nitrogens with zero attached hydrogens (tertiary/aromatic N) is 1. The Morgan fingerprint density at radius 2 is 1.70 bits per heavy atom. The number of aliphatic carboxylic acids is 1. The second kappa shape index (κ2) is 9.39. The Kier molecular flexibility index (Phi) is 6.38. The minimum Gasteiger partial charge on any atom is -0.480 e. The highest BCUT2D eigenvalue weighted by molar-refractivity contribution is 7.17. The van der Waals surface area contributed by atoms with E-state index in [-0.39, 0.29) is 22.5 Å². The quantitative estimate of drug-likeness (QED) is 0.419. The molecule has 0 unspecified atom stereocenters. The Morgan fingerprint density at radius 3 is 2.27 bits per heavy atom. The molecule has 0 spiro atoms. The van der Waals surface area contributed by atoms with Crippen molar-refractivity contribution in [3.63, 3.8) is 0 Å². The lowest BCUT2D eigenvalue weighted by molar-refractivity contribution is -0.140. The number of benzene rings is 2. The number of aromatic nitrogens is 1. The Balaban J connectivity index is 1.41. The van der Waals surface area contributed by atoms with Gasteiger partial charge in [0, 0.05) is 5.92 Å². The molecule has 0 saturated carbocycles. The first-order valence-electron chi connectivity index (χ1n) is 10.1. The predicted octanol–water partition coefficient (Wildman–Crippen LogP) is 2.99. The van der Waals surface area contributed by atoms with E-state index >= 15 is 0 Å². The van der Waals surface area contributed by atoms with Crippen molar-refractivity contribution >= 4 is 34.4 Å². The molecule has 170 valence electrons. The molecular weight excluding hydrogens is 446 g/mol. The standard InChI is InChI=1S/C23H21N3O6S/c1-12-19(20(28)25-18(10-27)21(29)30)33-22(24-12)26-23(31)32-11-17-15-8-4-2-6-13(15)14-7-3-5-9-16(14)17/h2-9,17-18,27H,10-11H2,1H3,(H,25,28)(H,29,30)(H,24,26,31)/t18-/m1/s1. The minimum absolute atomic E-state index is 0.0889.